The zero-order chi connectivity index (χ0) is 11.8. The Bertz CT molecular complexity index is 307. The van der Waals surface area contributed by atoms with Crippen molar-refractivity contribution in [1.29, 1.82) is 0 Å². The Morgan fingerprint density at radius 2 is 1.53 bits per heavy atom. The first-order valence-corrected chi connectivity index (χ1v) is 3.86. The highest BCUT2D eigenvalue weighted by atomic mass is 16.8. The third-order valence-corrected chi connectivity index (χ3v) is 1.88. The van der Waals surface area contributed by atoms with Gasteiger partial charge in [0, 0.05) is 0 Å². The minimum absolute atomic E-state index is 1.16. The molecule has 8 heteroatoms. The Kier molecular flexibility index (Phi) is 2.65. The van der Waals surface area contributed by atoms with Gasteiger partial charge in [-0.15, -0.1) is 0 Å². The Morgan fingerprint density at radius 1 is 1.07 bits per heavy atom. The van der Waals surface area contributed by atoms with E-state index in [1.165, 1.54) is 6.92 Å². The summed E-state index contributed by atoms with van der Waals surface area (Å²) < 4.78 is 8.97. The molecule has 0 radical (unpaired) electrons. The molecule has 1 rings (SSSR count). The lowest BCUT2D eigenvalue weighted by Crippen LogP contribution is -2.48. The molecule has 3 N–H and O–H groups in total. The maximum absolute atomic E-state index is 10.7. The van der Waals surface area contributed by atoms with Gasteiger partial charge in [0.25, 0.3) is 0 Å². The number of aliphatic carboxylic acids is 3. The summed E-state index contributed by atoms with van der Waals surface area (Å²) in [5, 5.41) is 25.8. The van der Waals surface area contributed by atoms with Crippen molar-refractivity contribution in [3.63, 3.8) is 0 Å². The number of carbonyl (C=O) groups is 3. The summed E-state index contributed by atoms with van der Waals surface area (Å²) in [6, 6.07) is 0. The van der Waals surface area contributed by atoms with Gasteiger partial charge in [0.05, 0.1) is 6.10 Å². The molecule has 0 saturated carbocycles. The highest BCUT2D eigenvalue weighted by Gasteiger charge is 2.60. The minimum atomic E-state index is -2.93. The molecule has 8 nitrogen and oxygen atoms in total. The van der Waals surface area contributed by atoms with Gasteiger partial charge in [-0.3, -0.25) is 0 Å². The van der Waals surface area contributed by atoms with Crippen molar-refractivity contribution in [3.05, 3.63) is 0 Å². The van der Waals surface area contributed by atoms with Gasteiger partial charge in [-0.2, -0.15) is 0 Å². The van der Waals surface area contributed by atoms with Gasteiger partial charge in [-0.25, -0.2) is 14.4 Å². The van der Waals surface area contributed by atoms with E-state index in [0.717, 1.165) is 0 Å². The van der Waals surface area contributed by atoms with E-state index in [-0.39, 0.29) is 0 Å². The summed E-state index contributed by atoms with van der Waals surface area (Å²) in [5.41, 5.74) is 0. The summed E-state index contributed by atoms with van der Waals surface area (Å²) in [7, 11) is 0. The first kappa shape index (κ1) is 11.4. The summed E-state index contributed by atoms with van der Waals surface area (Å²) in [4.78, 5) is 31.9. The third-order valence-electron chi connectivity index (χ3n) is 1.88. The van der Waals surface area contributed by atoms with Crippen LogP contribution >= 0.6 is 0 Å². The summed E-state index contributed by atoms with van der Waals surface area (Å²) in [6.45, 7) is 1.21. The number of carboxylic acids is 3. The van der Waals surface area contributed by atoms with Gasteiger partial charge in [-0.1, -0.05) is 0 Å². The van der Waals surface area contributed by atoms with Crippen LogP contribution in [0.15, 0.2) is 0 Å². The maximum atomic E-state index is 10.7. The molecule has 2 unspecified atom stereocenters. The van der Waals surface area contributed by atoms with E-state index in [1.54, 1.807) is 0 Å². The van der Waals surface area contributed by atoms with Crippen LogP contribution < -0.4 is 0 Å². The highest BCUT2D eigenvalue weighted by Crippen LogP contribution is 2.29. The van der Waals surface area contributed by atoms with Crippen molar-refractivity contribution in [2.24, 2.45) is 0 Å². The van der Waals surface area contributed by atoms with Crippen LogP contribution in [0.4, 0.5) is 0 Å². The lowest BCUT2D eigenvalue weighted by molar-refractivity contribution is -0.220. The topological polar surface area (TPSA) is 130 Å². The lowest BCUT2D eigenvalue weighted by Gasteiger charge is -2.16. The fourth-order valence-electron chi connectivity index (χ4n) is 1.17. The molecular weight excluding hydrogens is 212 g/mol. The van der Waals surface area contributed by atoms with Crippen LogP contribution in [-0.4, -0.2) is 51.2 Å². The summed E-state index contributed by atoms with van der Waals surface area (Å²) in [5.74, 6) is -8.20. The molecule has 0 aromatic rings. The van der Waals surface area contributed by atoms with Crippen LogP contribution in [0, 0.1) is 0 Å². The van der Waals surface area contributed by atoms with Crippen molar-refractivity contribution < 1.29 is 39.2 Å². The number of hydrogen-bond acceptors (Lipinski definition) is 5. The molecule has 0 aliphatic carbocycles. The standard InChI is InChI=1S/C7H8O8/c1-2-3(4(8)9)15-7(14-2,5(10)11)6(12)13/h2-3H,1H3,(H,8,9)(H,10,11)(H,12,13). The average Bonchev–Trinajstić information content (AvgIpc) is 2.44. The summed E-state index contributed by atoms with van der Waals surface area (Å²) >= 11 is 0. The van der Waals surface area contributed by atoms with Gasteiger partial charge >= 0.3 is 23.7 Å². The molecule has 1 saturated heterocycles. The van der Waals surface area contributed by atoms with E-state index < -0.39 is 35.9 Å². The number of carboxylic acid groups (broad SMARTS) is 3. The van der Waals surface area contributed by atoms with Crippen LogP contribution in [0.2, 0.25) is 0 Å². The third kappa shape index (κ3) is 1.64. The largest absolute Gasteiger partial charge is 0.479 e. The molecule has 15 heavy (non-hydrogen) atoms. The highest BCUT2D eigenvalue weighted by molar-refractivity contribution is 6.00. The molecular formula is C7H8O8. The van der Waals surface area contributed by atoms with Crippen LogP contribution in [0.5, 0.6) is 0 Å². The van der Waals surface area contributed by atoms with Crippen LogP contribution in [0.1, 0.15) is 6.92 Å². The van der Waals surface area contributed by atoms with E-state index in [1.807, 2.05) is 0 Å². The zero-order valence-electron chi connectivity index (χ0n) is 7.54. The van der Waals surface area contributed by atoms with E-state index in [0.29, 0.717) is 0 Å². The first-order chi connectivity index (χ1) is 6.81. The Balaban J connectivity index is 3.03. The Hall–Kier alpha value is -1.67. The van der Waals surface area contributed by atoms with Gasteiger partial charge in [0.15, 0.2) is 6.10 Å². The molecule has 1 heterocycles. The first-order valence-electron chi connectivity index (χ1n) is 3.86. The normalized spacial score (nSPS) is 28.6. The monoisotopic (exact) mass is 220 g/mol. The van der Waals surface area contributed by atoms with E-state index in [2.05, 4.69) is 9.47 Å². The Labute approximate surface area is 83.0 Å². The second kappa shape index (κ2) is 3.48. The molecule has 2 atom stereocenters. The number of ether oxygens (including phenoxy) is 2. The Morgan fingerprint density at radius 3 is 1.73 bits per heavy atom. The molecule has 1 fully saturated rings. The van der Waals surface area contributed by atoms with E-state index in [4.69, 9.17) is 15.3 Å². The smallest absolute Gasteiger partial charge is 0.377 e. The second-order valence-electron chi connectivity index (χ2n) is 2.93. The number of hydrogen-bond donors (Lipinski definition) is 3. The molecule has 1 aliphatic heterocycles. The summed E-state index contributed by atoms with van der Waals surface area (Å²) in [6.07, 6.45) is -2.77. The quantitative estimate of drug-likeness (QED) is 0.502. The molecule has 0 bridgehead atoms. The second-order valence-corrected chi connectivity index (χ2v) is 2.93. The van der Waals surface area contributed by atoms with E-state index in [9.17, 15) is 14.4 Å². The van der Waals surface area contributed by atoms with Crippen molar-refractivity contribution in [2.75, 3.05) is 0 Å². The average molecular weight is 220 g/mol. The molecule has 0 spiro atoms. The van der Waals surface area contributed by atoms with Crippen molar-refractivity contribution >= 4 is 17.9 Å². The van der Waals surface area contributed by atoms with Crippen LogP contribution in [-0.2, 0) is 23.9 Å². The van der Waals surface area contributed by atoms with E-state index >= 15 is 0 Å². The molecule has 0 aromatic heterocycles. The fourth-order valence-corrected chi connectivity index (χ4v) is 1.17. The van der Waals surface area contributed by atoms with Crippen LogP contribution in [0.3, 0.4) is 0 Å². The van der Waals surface area contributed by atoms with Crippen molar-refractivity contribution in [2.45, 2.75) is 24.9 Å². The predicted molar refractivity (Wildman–Crippen MR) is 41.1 cm³/mol. The van der Waals surface area contributed by atoms with Crippen LogP contribution in [0.25, 0.3) is 0 Å². The number of rotatable bonds is 3. The SMILES string of the molecule is CC1OC(C(=O)O)(C(=O)O)OC1C(=O)O. The zero-order valence-corrected chi connectivity index (χ0v) is 7.54. The van der Waals surface area contributed by atoms with Gasteiger partial charge in [-0.05, 0) is 6.92 Å². The fraction of sp³-hybridized carbons (Fsp3) is 0.571. The van der Waals surface area contributed by atoms with Gasteiger partial charge in [0.2, 0.25) is 0 Å². The lowest BCUT2D eigenvalue weighted by atomic mass is 10.2. The molecule has 0 aromatic carbocycles. The minimum Gasteiger partial charge on any atom is -0.479 e. The van der Waals surface area contributed by atoms with Gasteiger partial charge in [0.1, 0.15) is 0 Å². The van der Waals surface area contributed by atoms with Crippen molar-refractivity contribution in [1.82, 2.24) is 0 Å². The maximum Gasteiger partial charge on any atom is 0.377 e. The predicted octanol–water partition coefficient (Wildman–Crippen LogP) is -1.26. The molecule has 1 aliphatic rings. The van der Waals surface area contributed by atoms with Gasteiger partial charge < -0.3 is 24.8 Å². The molecule has 84 valence electrons. The molecule has 0 amide bonds. The van der Waals surface area contributed by atoms with Crippen molar-refractivity contribution in [3.8, 4) is 0 Å².